The van der Waals surface area contributed by atoms with E-state index in [-0.39, 0.29) is 25.2 Å². The maximum atomic E-state index is 12.7. The van der Waals surface area contributed by atoms with Crippen molar-refractivity contribution in [3.63, 3.8) is 0 Å². The normalized spacial score (nSPS) is 20.1. The van der Waals surface area contributed by atoms with Crippen LogP contribution in [-0.2, 0) is 0 Å². The Morgan fingerprint density at radius 2 is 1.73 bits per heavy atom. The van der Waals surface area contributed by atoms with Gasteiger partial charge in [-0.05, 0) is 40.9 Å². The first-order valence-corrected chi connectivity index (χ1v) is 7.62. The fraction of sp³-hybridized carbons (Fsp3) is 0.929. The molecule has 1 aliphatic rings. The number of hydrogen-bond acceptors (Lipinski definition) is 3. The van der Waals surface area contributed by atoms with Gasteiger partial charge in [0, 0.05) is 32.2 Å². The van der Waals surface area contributed by atoms with Gasteiger partial charge in [0.05, 0.1) is 0 Å². The Kier molecular flexibility index (Phi) is 6.93. The van der Waals surface area contributed by atoms with Gasteiger partial charge in [-0.3, -0.25) is 4.90 Å². The minimum absolute atomic E-state index is 0.0435. The molecule has 0 radical (unpaired) electrons. The number of alkyl halides is 3. The molecule has 1 heterocycles. The van der Waals surface area contributed by atoms with Crippen LogP contribution in [0.15, 0.2) is 0 Å². The summed E-state index contributed by atoms with van der Waals surface area (Å²) in [7, 11) is 3.94. The minimum Gasteiger partial charge on any atom is -0.335 e. The van der Waals surface area contributed by atoms with Gasteiger partial charge >= 0.3 is 12.2 Å². The van der Waals surface area contributed by atoms with E-state index in [4.69, 9.17) is 0 Å². The molecule has 0 unspecified atom stereocenters. The highest BCUT2D eigenvalue weighted by Crippen LogP contribution is 2.25. The Bertz CT molecular complexity index is 354. The van der Waals surface area contributed by atoms with Crippen molar-refractivity contribution in [2.75, 3.05) is 46.8 Å². The van der Waals surface area contributed by atoms with Gasteiger partial charge in [-0.1, -0.05) is 0 Å². The number of amides is 2. The molecule has 0 bridgehead atoms. The molecular formula is C14H27F3N4O. The third kappa shape index (κ3) is 6.00. The molecule has 5 nitrogen and oxygen atoms in total. The van der Waals surface area contributed by atoms with Crippen LogP contribution in [0.1, 0.15) is 20.3 Å². The van der Waals surface area contributed by atoms with Gasteiger partial charge < -0.3 is 15.1 Å². The van der Waals surface area contributed by atoms with Gasteiger partial charge in [-0.2, -0.15) is 13.2 Å². The number of rotatable bonds is 5. The van der Waals surface area contributed by atoms with Crippen LogP contribution in [0.25, 0.3) is 0 Å². The van der Waals surface area contributed by atoms with Gasteiger partial charge in [-0.25, -0.2) is 4.79 Å². The van der Waals surface area contributed by atoms with Crippen LogP contribution in [0.4, 0.5) is 18.0 Å². The second-order valence-corrected chi connectivity index (χ2v) is 6.18. The maximum absolute atomic E-state index is 12.7. The highest BCUT2D eigenvalue weighted by Gasteiger charge is 2.41. The number of halogens is 3. The molecule has 0 aromatic heterocycles. The Morgan fingerprint density at radius 3 is 2.18 bits per heavy atom. The van der Waals surface area contributed by atoms with Crippen LogP contribution < -0.4 is 5.32 Å². The van der Waals surface area contributed by atoms with E-state index in [0.29, 0.717) is 13.1 Å². The van der Waals surface area contributed by atoms with E-state index in [1.165, 1.54) is 11.8 Å². The summed E-state index contributed by atoms with van der Waals surface area (Å²) in [6.07, 6.45) is -3.38. The van der Waals surface area contributed by atoms with E-state index in [2.05, 4.69) is 5.32 Å². The topological polar surface area (TPSA) is 38.8 Å². The van der Waals surface area contributed by atoms with E-state index in [9.17, 15) is 18.0 Å². The van der Waals surface area contributed by atoms with Crippen molar-refractivity contribution in [2.45, 2.75) is 38.5 Å². The molecule has 2 amide bonds. The van der Waals surface area contributed by atoms with Crippen molar-refractivity contribution >= 4 is 6.03 Å². The third-order valence-corrected chi connectivity index (χ3v) is 4.00. The molecular weight excluding hydrogens is 297 g/mol. The van der Waals surface area contributed by atoms with E-state index in [1.54, 1.807) is 4.90 Å². The molecule has 2 atom stereocenters. The predicted octanol–water partition coefficient (Wildman–Crippen LogP) is 1.60. The fourth-order valence-corrected chi connectivity index (χ4v) is 2.35. The maximum Gasteiger partial charge on any atom is 0.403 e. The quantitative estimate of drug-likeness (QED) is 0.835. The van der Waals surface area contributed by atoms with Gasteiger partial charge in [-0.15, -0.1) is 0 Å². The largest absolute Gasteiger partial charge is 0.403 e. The molecule has 1 saturated heterocycles. The second kappa shape index (κ2) is 8.01. The van der Waals surface area contributed by atoms with Crippen LogP contribution >= 0.6 is 0 Å². The molecule has 0 aromatic carbocycles. The van der Waals surface area contributed by atoms with Crippen LogP contribution in [0.3, 0.4) is 0 Å². The molecule has 130 valence electrons. The van der Waals surface area contributed by atoms with Gasteiger partial charge in [0.1, 0.15) is 6.04 Å². The Morgan fingerprint density at radius 1 is 1.18 bits per heavy atom. The molecule has 1 N–H and O–H groups in total. The molecule has 0 spiro atoms. The molecule has 0 saturated carbocycles. The van der Waals surface area contributed by atoms with Crippen LogP contribution in [0.2, 0.25) is 0 Å². The molecule has 0 aromatic rings. The minimum atomic E-state index is -4.22. The van der Waals surface area contributed by atoms with Crippen molar-refractivity contribution in [2.24, 2.45) is 0 Å². The average Bonchev–Trinajstić information content (AvgIpc) is 2.43. The number of carbonyl (C=O) groups excluding carboxylic acids is 1. The van der Waals surface area contributed by atoms with Crippen molar-refractivity contribution in [3.8, 4) is 0 Å². The summed E-state index contributed by atoms with van der Waals surface area (Å²) < 4.78 is 38.0. The number of carbonyl (C=O) groups is 1. The van der Waals surface area contributed by atoms with E-state index >= 15 is 0 Å². The van der Waals surface area contributed by atoms with Crippen molar-refractivity contribution < 1.29 is 18.0 Å². The summed E-state index contributed by atoms with van der Waals surface area (Å²) in [6.45, 7) is 5.13. The number of nitrogens with one attached hydrogen (secondary N) is 1. The summed E-state index contributed by atoms with van der Waals surface area (Å²) in [5.74, 6) is 0. The van der Waals surface area contributed by atoms with Crippen LogP contribution in [0, 0.1) is 0 Å². The lowest BCUT2D eigenvalue weighted by Crippen LogP contribution is -2.57. The molecule has 1 aliphatic heterocycles. The SMILES string of the molecule is C[C@H](CCN(C)C)NC(=O)N1CCN([C@H](C)C(F)(F)F)CC1. The standard InChI is InChI=1S/C14H27F3N4O/c1-11(5-6-19(3)4)18-13(22)21-9-7-20(8-10-21)12(2)14(15,16)17/h11-12H,5-10H2,1-4H3,(H,18,22)/t11-,12-/m1/s1. The summed E-state index contributed by atoms with van der Waals surface area (Å²) in [6, 6.07) is -1.61. The second-order valence-electron chi connectivity index (χ2n) is 6.18. The molecule has 0 aliphatic carbocycles. The zero-order chi connectivity index (χ0) is 16.9. The third-order valence-electron chi connectivity index (χ3n) is 4.00. The lowest BCUT2D eigenvalue weighted by Gasteiger charge is -2.38. The molecule has 1 fully saturated rings. The first-order valence-electron chi connectivity index (χ1n) is 7.62. The fourth-order valence-electron chi connectivity index (χ4n) is 2.35. The van der Waals surface area contributed by atoms with E-state index in [1.807, 2.05) is 25.9 Å². The van der Waals surface area contributed by atoms with Crippen molar-refractivity contribution in [1.82, 2.24) is 20.0 Å². The summed E-state index contributed by atoms with van der Waals surface area (Å²) in [4.78, 5) is 17.1. The Labute approximate surface area is 130 Å². The number of hydrogen-bond donors (Lipinski definition) is 1. The van der Waals surface area contributed by atoms with E-state index < -0.39 is 12.2 Å². The highest BCUT2D eigenvalue weighted by atomic mass is 19.4. The first kappa shape index (κ1) is 19.0. The molecule has 22 heavy (non-hydrogen) atoms. The van der Waals surface area contributed by atoms with Gasteiger partial charge in [0.2, 0.25) is 0 Å². The predicted molar refractivity (Wildman–Crippen MR) is 79.8 cm³/mol. The summed E-state index contributed by atoms with van der Waals surface area (Å²) in [5, 5.41) is 2.90. The monoisotopic (exact) mass is 324 g/mol. The number of urea groups is 1. The van der Waals surface area contributed by atoms with Gasteiger partial charge in [0.25, 0.3) is 0 Å². The lowest BCUT2D eigenvalue weighted by atomic mass is 10.2. The molecule has 8 heteroatoms. The lowest BCUT2D eigenvalue weighted by molar-refractivity contribution is -0.181. The summed E-state index contributed by atoms with van der Waals surface area (Å²) in [5.41, 5.74) is 0. The van der Waals surface area contributed by atoms with Crippen molar-refractivity contribution in [3.05, 3.63) is 0 Å². The average molecular weight is 324 g/mol. The van der Waals surface area contributed by atoms with Crippen LogP contribution in [0.5, 0.6) is 0 Å². The van der Waals surface area contributed by atoms with Crippen molar-refractivity contribution in [1.29, 1.82) is 0 Å². The zero-order valence-electron chi connectivity index (χ0n) is 13.8. The van der Waals surface area contributed by atoms with Crippen LogP contribution in [-0.4, -0.2) is 85.8 Å². The zero-order valence-corrected chi connectivity index (χ0v) is 13.8. The highest BCUT2D eigenvalue weighted by molar-refractivity contribution is 5.74. The number of nitrogens with zero attached hydrogens (tertiary/aromatic N) is 3. The first-order chi connectivity index (χ1) is 10.1. The smallest absolute Gasteiger partial charge is 0.335 e. The summed E-state index contributed by atoms with van der Waals surface area (Å²) >= 11 is 0. The Hall–Kier alpha value is -1.02. The van der Waals surface area contributed by atoms with E-state index in [0.717, 1.165) is 13.0 Å². The van der Waals surface area contributed by atoms with Gasteiger partial charge in [0.15, 0.2) is 0 Å². The number of piperazine rings is 1. The molecule has 1 rings (SSSR count). The Balaban J connectivity index is 2.36.